The molecule has 4 rings (SSSR count). The molecule has 1 amide bonds. The molecular formula is C22H22F2N4O2. The molecule has 0 unspecified atom stereocenters. The Morgan fingerprint density at radius 1 is 1.23 bits per heavy atom. The molecule has 3 aromatic rings. The van der Waals surface area contributed by atoms with E-state index in [1.165, 1.54) is 6.07 Å². The smallest absolute Gasteiger partial charge is 0.270 e. The van der Waals surface area contributed by atoms with Gasteiger partial charge in [0.05, 0.1) is 5.69 Å². The van der Waals surface area contributed by atoms with Crippen LogP contribution < -0.4 is 5.32 Å². The molecule has 1 fully saturated rings. The third-order valence-electron chi connectivity index (χ3n) is 5.15. The number of amides is 1. The molecule has 8 heteroatoms. The summed E-state index contributed by atoms with van der Waals surface area (Å²) in [6, 6.07) is 10.8. The van der Waals surface area contributed by atoms with Gasteiger partial charge in [-0.15, -0.1) is 0 Å². The SMILES string of the molecule is O=C(NC1CCOCC1)c1cc(Cc2ccc(-n3cccn3)cc2)c(C(F)F)cn1. The largest absolute Gasteiger partial charge is 0.381 e. The van der Waals surface area contributed by atoms with Crippen molar-refractivity contribution in [1.82, 2.24) is 20.1 Å². The number of carbonyl (C=O) groups excluding carboxylic acids is 1. The fraction of sp³-hybridized carbons (Fsp3) is 0.318. The van der Waals surface area contributed by atoms with E-state index in [-0.39, 0.29) is 29.6 Å². The van der Waals surface area contributed by atoms with Gasteiger partial charge >= 0.3 is 0 Å². The summed E-state index contributed by atoms with van der Waals surface area (Å²) < 4.78 is 34.1. The van der Waals surface area contributed by atoms with Crippen molar-refractivity contribution in [2.75, 3.05) is 13.2 Å². The standard InChI is InChI=1S/C22H22F2N4O2/c23-21(24)19-14-25-20(22(29)27-17-6-10-30-11-7-17)13-16(19)12-15-2-4-18(5-3-15)28-9-1-8-26-28/h1-5,8-9,13-14,17,21H,6-7,10-12H2,(H,27,29). The highest BCUT2D eigenvalue weighted by atomic mass is 19.3. The maximum absolute atomic E-state index is 13.5. The summed E-state index contributed by atoms with van der Waals surface area (Å²) in [6.07, 6.45) is 3.70. The van der Waals surface area contributed by atoms with Gasteiger partial charge in [-0.2, -0.15) is 5.10 Å². The number of aromatic nitrogens is 3. The first-order valence-electron chi connectivity index (χ1n) is 9.84. The number of alkyl halides is 2. The Balaban J connectivity index is 1.53. The summed E-state index contributed by atoms with van der Waals surface area (Å²) in [4.78, 5) is 16.5. The molecule has 1 saturated heterocycles. The lowest BCUT2D eigenvalue weighted by Crippen LogP contribution is -2.39. The van der Waals surface area contributed by atoms with E-state index >= 15 is 0 Å². The maximum Gasteiger partial charge on any atom is 0.270 e. The minimum Gasteiger partial charge on any atom is -0.381 e. The van der Waals surface area contributed by atoms with Crippen LogP contribution in [-0.2, 0) is 11.2 Å². The molecule has 0 bridgehead atoms. The van der Waals surface area contributed by atoms with Crippen LogP contribution in [0.15, 0.2) is 55.0 Å². The van der Waals surface area contributed by atoms with Crippen LogP contribution in [-0.4, -0.2) is 39.9 Å². The molecule has 3 heterocycles. The molecule has 0 saturated carbocycles. The lowest BCUT2D eigenvalue weighted by Gasteiger charge is -2.23. The molecule has 1 N–H and O–H groups in total. The average molecular weight is 412 g/mol. The molecule has 0 radical (unpaired) electrons. The van der Waals surface area contributed by atoms with Gasteiger partial charge in [-0.1, -0.05) is 12.1 Å². The lowest BCUT2D eigenvalue weighted by molar-refractivity contribution is 0.0693. The minimum absolute atomic E-state index is 0.0149. The van der Waals surface area contributed by atoms with Gasteiger partial charge in [0, 0.05) is 43.4 Å². The van der Waals surface area contributed by atoms with Gasteiger partial charge in [-0.25, -0.2) is 13.5 Å². The number of nitrogens with one attached hydrogen (secondary N) is 1. The van der Waals surface area contributed by atoms with Crippen molar-refractivity contribution < 1.29 is 18.3 Å². The average Bonchev–Trinajstić information content (AvgIpc) is 3.30. The number of carbonyl (C=O) groups is 1. The second-order valence-corrected chi connectivity index (χ2v) is 7.22. The van der Waals surface area contributed by atoms with Crippen LogP contribution in [0.25, 0.3) is 5.69 Å². The summed E-state index contributed by atoms with van der Waals surface area (Å²) in [5.74, 6) is -0.349. The van der Waals surface area contributed by atoms with E-state index in [9.17, 15) is 13.6 Å². The van der Waals surface area contributed by atoms with Crippen molar-refractivity contribution >= 4 is 5.91 Å². The van der Waals surface area contributed by atoms with Crippen molar-refractivity contribution in [2.45, 2.75) is 31.7 Å². The molecule has 1 aliphatic rings. The zero-order chi connectivity index (χ0) is 20.9. The summed E-state index contributed by atoms with van der Waals surface area (Å²) in [5, 5.41) is 7.09. The first-order valence-corrected chi connectivity index (χ1v) is 9.84. The van der Waals surface area contributed by atoms with Gasteiger partial charge < -0.3 is 10.1 Å². The Morgan fingerprint density at radius 3 is 2.67 bits per heavy atom. The topological polar surface area (TPSA) is 69.0 Å². The molecule has 1 aromatic carbocycles. The van der Waals surface area contributed by atoms with Crippen LogP contribution in [0, 0.1) is 0 Å². The molecule has 30 heavy (non-hydrogen) atoms. The number of halogens is 2. The zero-order valence-corrected chi connectivity index (χ0v) is 16.3. The Morgan fingerprint density at radius 2 is 2.00 bits per heavy atom. The van der Waals surface area contributed by atoms with Crippen LogP contribution in [0.3, 0.4) is 0 Å². The third kappa shape index (κ3) is 4.71. The first-order chi connectivity index (χ1) is 14.6. The van der Waals surface area contributed by atoms with Gasteiger partial charge in [0.25, 0.3) is 12.3 Å². The molecule has 1 aliphatic heterocycles. The number of pyridine rings is 1. The molecule has 0 spiro atoms. The highest BCUT2D eigenvalue weighted by Crippen LogP contribution is 2.25. The Bertz CT molecular complexity index is 985. The molecule has 2 aromatic heterocycles. The van der Waals surface area contributed by atoms with E-state index in [0.29, 0.717) is 18.8 Å². The van der Waals surface area contributed by atoms with Crippen molar-refractivity contribution in [3.05, 3.63) is 77.4 Å². The molecule has 156 valence electrons. The van der Waals surface area contributed by atoms with Crippen molar-refractivity contribution in [3.63, 3.8) is 0 Å². The number of nitrogens with zero attached hydrogens (tertiary/aromatic N) is 3. The number of rotatable bonds is 6. The predicted molar refractivity (Wildman–Crippen MR) is 107 cm³/mol. The van der Waals surface area contributed by atoms with Crippen LogP contribution >= 0.6 is 0 Å². The highest BCUT2D eigenvalue weighted by molar-refractivity contribution is 5.92. The fourth-order valence-electron chi connectivity index (χ4n) is 3.49. The van der Waals surface area contributed by atoms with Gasteiger partial charge in [0.15, 0.2) is 0 Å². The zero-order valence-electron chi connectivity index (χ0n) is 16.3. The van der Waals surface area contributed by atoms with E-state index in [1.54, 1.807) is 10.9 Å². The van der Waals surface area contributed by atoms with Crippen LogP contribution in [0.1, 0.15) is 46.4 Å². The quantitative estimate of drug-likeness (QED) is 0.670. The summed E-state index contributed by atoms with van der Waals surface area (Å²) >= 11 is 0. The third-order valence-corrected chi connectivity index (χ3v) is 5.15. The summed E-state index contributed by atoms with van der Waals surface area (Å²) in [5.41, 5.74) is 2.12. The van der Waals surface area contributed by atoms with Gasteiger partial charge in [0.2, 0.25) is 0 Å². The van der Waals surface area contributed by atoms with Gasteiger partial charge in [0.1, 0.15) is 5.69 Å². The highest BCUT2D eigenvalue weighted by Gasteiger charge is 2.20. The summed E-state index contributed by atoms with van der Waals surface area (Å²) in [6.45, 7) is 1.20. The Labute approximate surface area is 172 Å². The van der Waals surface area contributed by atoms with E-state index < -0.39 is 6.43 Å². The van der Waals surface area contributed by atoms with Gasteiger partial charge in [-0.05, 0) is 54.7 Å². The molecular weight excluding hydrogens is 390 g/mol. The summed E-state index contributed by atoms with van der Waals surface area (Å²) in [7, 11) is 0. The van der Waals surface area contributed by atoms with Crippen LogP contribution in [0.5, 0.6) is 0 Å². The van der Waals surface area contributed by atoms with E-state index in [0.717, 1.165) is 30.3 Å². The molecule has 0 aliphatic carbocycles. The van der Waals surface area contributed by atoms with Crippen molar-refractivity contribution in [1.29, 1.82) is 0 Å². The lowest BCUT2D eigenvalue weighted by atomic mass is 10.00. The first kappa shape index (κ1) is 20.2. The normalized spacial score (nSPS) is 14.8. The van der Waals surface area contributed by atoms with Crippen molar-refractivity contribution in [2.24, 2.45) is 0 Å². The Kier molecular flexibility index (Phi) is 6.13. The number of ether oxygens (including phenoxy) is 1. The van der Waals surface area contributed by atoms with Crippen molar-refractivity contribution in [3.8, 4) is 5.69 Å². The second kappa shape index (κ2) is 9.13. The van der Waals surface area contributed by atoms with E-state index in [1.807, 2.05) is 36.5 Å². The monoisotopic (exact) mass is 412 g/mol. The van der Waals surface area contributed by atoms with Gasteiger partial charge in [-0.3, -0.25) is 9.78 Å². The van der Waals surface area contributed by atoms with Crippen LogP contribution in [0.2, 0.25) is 0 Å². The Hall–Kier alpha value is -3.13. The number of hydrogen-bond donors (Lipinski definition) is 1. The van der Waals surface area contributed by atoms with Crippen LogP contribution in [0.4, 0.5) is 8.78 Å². The number of hydrogen-bond acceptors (Lipinski definition) is 4. The number of benzene rings is 1. The maximum atomic E-state index is 13.5. The van der Waals surface area contributed by atoms with E-state index in [4.69, 9.17) is 4.74 Å². The molecule has 6 nitrogen and oxygen atoms in total. The molecule has 0 atom stereocenters. The second-order valence-electron chi connectivity index (χ2n) is 7.22. The fourth-order valence-corrected chi connectivity index (χ4v) is 3.49. The predicted octanol–water partition coefficient (Wildman–Crippen LogP) is 3.70. The van der Waals surface area contributed by atoms with E-state index in [2.05, 4.69) is 15.4 Å². The minimum atomic E-state index is -2.66.